The highest BCUT2D eigenvalue weighted by Crippen LogP contribution is 2.48. The highest BCUT2D eigenvalue weighted by atomic mass is 35.5. The molecule has 1 aliphatic carbocycles. The first-order valence-corrected chi connectivity index (χ1v) is 11.7. The summed E-state index contributed by atoms with van der Waals surface area (Å²) in [5.74, 6) is 0. The van der Waals surface area contributed by atoms with Gasteiger partial charge >= 0.3 is 0 Å². The molecule has 0 radical (unpaired) electrons. The first-order chi connectivity index (χ1) is 12.6. The van der Waals surface area contributed by atoms with Gasteiger partial charge in [0.15, 0.2) is 4.75 Å². The first kappa shape index (κ1) is 18.1. The second-order valence-electron chi connectivity index (χ2n) is 6.23. The Labute approximate surface area is 166 Å². The van der Waals surface area contributed by atoms with Gasteiger partial charge in [0.25, 0.3) is 7.29 Å². The van der Waals surface area contributed by atoms with E-state index in [0.29, 0.717) is 25.8 Å². The SMILES string of the molecule is O=[P@@](Nc1c(Cl)cccc1Cl)(c1ccccc1)c1nc2c(s1)CCCC2. The van der Waals surface area contributed by atoms with E-state index in [0.717, 1.165) is 31.4 Å². The summed E-state index contributed by atoms with van der Waals surface area (Å²) in [5, 5.41) is 4.75. The largest absolute Gasteiger partial charge is 0.325 e. The Morgan fingerprint density at radius 1 is 0.962 bits per heavy atom. The van der Waals surface area contributed by atoms with E-state index in [1.54, 1.807) is 29.5 Å². The van der Waals surface area contributed by atoms with E-state index in [1.807, 2.05) is 30.3 Å². The number of aromatic nitrogens is 1. The van der Waals surface area contributed by atoms with Crippen LogP contribution in [0.4, 0.5) is 5.69 Å². The van der Waals surface area contributed by atoms with Gasteiger partial charge in [-0.1, -0.05) is 47.5 Å². The van der Waals surface area contributed by atoms with Gasteiger partial charge in [-0.05, 0) is 49.9 Å². The predicted octanol–water partition coefficient (Wildman–Crippen LogP) is 5.67. The molecule has 0 unspecified atom stereocenters. The van der Waals surface area contributed by atoms with Gasteiger partial charge in [0.1, 0.15) is 0 Å². The zero-order valence-electron chi connectivity index (χ0n) is 13.9. The fourth-order valence-electron chi connectivity index (χ4n) is 3.10. The van der Waals surface area contributed by atoms with Gasteiger partial charge in [-0.15, -0.1) is 11.3 Å². The molecule has 0 fully saturated rings. The Kier molecular flexibility index (Phi) is 5.11. The molecule has 3 aromatic rings. The lowest BCUT2D eigenvalue weighted by Gasteiger charge is -2.20. The van der Waals surface area contributed by atoms with Crippen LogP contribution in [0.2, 0.25) is 10.0 Å². The molecule has 26 heavy (non-hydrogen) atoms. The van der Waals surface area contributed by atoms with Crippen molar-refractivity contribution in [1.29, 1.82) is 0 Å². The summed E-state index contributed by atoms with van der Waals surface area (Å²) in [6, 6.07) is 14.6. The molecule has 0 aliphatic heterocycles. The number of halogens is 2. The van der Waals surface area contributed by atoms with E-state index < -0.39 is 7.29 Å². The van der Waals surface area contributed by atoms with Gasteiger partial charge in [-0.25, -0.2) is 4.98 Å². The molecule has 2 aromatic carbocycles. The van der Waals surface area contributed by atoms with Gasteiger partial charge in [-0.2, -0.15) is 0 Å². The Balaban J connectivity index is 1.86. The van der Waals surface area contributed by atoms with Gasteiger partial charge in [0.2, 0.25) is 0 Å². The Bertz CT molecular complexity index is 947. The van der Waals surface area contributed by atoms with Gasteiger partial charge in [0, 0.05) is 10.2 Å². The number of benzene rings is 2. The smallest absolute Gasteiger partial charge is 0.254 e. The molecule has 134 valence electrons. The predicted molar refractivity (Wildman–Crippen MR) is 112 cm³/mol. The number of para-hydroxylation sites is 1. The third kappa shape index (κ3) is 3.32. The molecule has 1 atom stereocenters. The van der Waals surface area contributed by atoms with Crippen LogP contribution in [-0.2, 0) is 17.4 Å². The fourth-order valence-corrected chi connectivity index (χ4v) is 7.76. The van der Waals surface area contributed by atoms with Crippen molar-refractivity contribution in [2.24, 2.45) is 0 Å². The molecule has 0 spiro atoms. The molecule has 1 aliphatic rings. The third-order valence-electron chi connectivity index (χ3n) is 4.46. The van der Waals surface area contributed by atoms with E-state index in [9.17, 15) is 4.57 Å². The van der Waals surface area contributed by atoms with E-state index in [4.69, 9.17) is 28.2 Å². The van der Waals surface area contributed by atoms with Crippen LogP contribution >= 0.6 is 41.8 Å². The Hall–Kier alpha value is -1.32. The summed E-state index contributed by atoms with van der Waals surface area (Å²) in [6.07, 6.45) is 4.26. The molecular formula is C19H17Cl2N2OPS. The maximum atomic E-state index is 14.2. The lowest BCUT2D eigenvalue weighted by atomic mass is 10.0. The minimum Gasteiger partial charge on any atom is -0.325 e. The van der Waals surface area contributed by atoms with Crippen LogP contribution in [0.1, 0.15) is 23.4 Å². The molecule has 3 nitrogen and oxygen atoms in total. The van der Waals surface area contributed by atoms with Crippen LogP contribution in [0.3, 0.4) is 0 Å². The van der Waals surface area contributed by atoms with Crippen molar-refractivity contribution in [1.82, 2.24) is 4.98 Å². The van der Waals surface area contributed by atoms with Crippen molar-refractivity contribution in [3.05, 3.63) is 69.1 Å². The van der Waals surface area contributed by atoms with Gasteiger partial charge < -0.3 is 5.09 Å². The highest BCUT2D eigenvalue weighted by Gasteiger charge is 2.34. The third-order valence-corrected chi connectivity index (χ3v) is 9.29. The molecular weight excluding hydrogens is 406 g/mol. The average molecular weight is 423 g/mol. The molecule has 1 N–H and O–H groups in total. The second kappa shape index (κ2) is 7.36. The number of anilines is 1. The molecule has 1 heterocycles. The quantitative estimate of drug-likeness (QED) is 0.550. The van der Waals surface area contributed by atoms with Crippen LogP contribution in [-0.4, -0.2) is 4.98 Å². The van der Waals surface area contributed by atoms with Gasteiger partial charge in [0.05, 0.1) is 21.4 Å². The lowest BCUT2D eigenvalue weighted by molar-refractivity contribution is 0.590. The Morgan fingerprint density at radius 2 is 1.65 bits per heavy atom. The van der Waals surface area contributed by atoms with E-state index in [2.05, 4.69) is 5.09 Å². The summed E-state index contributed by atoms with van der Waals surface area (Å²) in [5.41, 5.74) is 1.57. The lowest BCUT2D eigenvalue weighted by Crippen LogP contribution is -2.22. The number of aryl methyl sites for hydroxylation is 2. The summed E-state index contributed by atoms with van der Waals surface area (Å²) in [6.45, 7) is 0. The minimum absolute atomic E-state index is 0.440. The minimum atomic E-state index is -3.22. The van der Waals surface area contributed by atoms with E-state index >= 15 is 0 Å². The molecule has 4 rings (SSSR count). The maximum absolute atomic E-state index is 14.2. The van der Waals surface area contributed by atoms with Crippen LogP contribution in [0.25, 0.3) is 0 Å². The van der Waals surface area contributed by atoms with Crippen molar-refractivity contribution in [3.63, 3.8) is 0 Å². The number of nitrogens with zero attached hydrogens (tertiary/aromatic N) is 1. The van der Waals surface area contributed by atoms with E-state index in [-0.39, 0.29) is 0 Å². The standard InChI is InChI=1S/C19H17Cl2N2OPS/c20-14-9-6-10-15(21)18(14)23-25(24,13-7-2-1-3-8-13)19-22-16-11-4-5-12-17(16)26-19/h1-3,6-10H,4-5,11-12H2,(H,23,24)/t25-/m0/s1. The summed E-state index contributed by atoms with van der Waals surface area (Å²) in [7, 11) is -3.22. The maximum Gasteiger partial charge on any atom is 0.254 e. The van der Waals surface area contributed by atoms with Crippen LogP contribution in [0.5, 0.6) is 0 Å². The Morgan fingerprint density at radius 3 is 2.35 bits per heavy atom. The normalized spacial score (nSPS) is 15.9. The monoisotopic (exact) mass is 422 g/mol. The number of thiazole rings is 1. The number of hydrogen-bond acceptors (Lipinski definition) is 3. The van der Waals surface area contributed by atoms with E-state index in [1.165, 1.54) is 4.88 Å². The summed E-state index contributed by atoms with van der Waals surface area (Å²) < 4.78 is 14.8. The van der Waals surface area contributed by atoms with Crippen LogP contribution < -0.4 is 15.1 Å². The number of nitrogens with one attached hydrogen (secondary N) is 1. The summed E-state index contributed by atoms with van der Waals surface area (Å²) in [4.78, 5) is 6.01. The molecule has 0 saturated carbocycles. The summed E-state index contributed by atoms with van der Waals surface area (Å²) >= 11 is 14.2. The number of fused-ring (bicyclic) bond motifs is 1. The number of hydrogen-bond donors (Lipinski definition) is 1. The second-order valence-corrected chi connectivity index (χ2v) is 10.8. The molecule has 0 amide bonds. The van der Waals surface area contributed by atoms with Crippen molar-refractivity contribution < 1.29 is 4.57 Å². The highest BCUT2D eigenvalue weighted by molar-refractivity contribution is 7.84. The van der Waals surface area contributed by atoms with Crippen LogP contribution in [0, 0.1) is 0 Å². The molecule has 7 heteroatoms. The van der Waals surface area contributed by atoms with Gasteiger partial charge in [-0.3, -0.25) is 4.57 Å². The molecule has 1 aromatic heterocycles. The average Bonchev–Trinajstić information content (AvgIpc) is 3.10. The van der Waals surface area contributed by atoms with Crippen molar-refractivity contribution in [3.8, 4) is 0 Å². The molecule has 0 bridgehead atoms. The molecule has 0 saturated heterocycles. The van der Waals surface area contributed by atoms with Crippen LogP contribution in [0.15, 0.2) is 48.5 Å². The zero-order valence-corrected chi connectivity index (χ0v) is 17.1. The van der Waals surface area contributed by atoms with Crippen molar-refractivity contribution in [2.45, 2.75) is 25.7 Å². The first-order valence-electron chi connectivity index (χ1n) is 8.45. The zero-order chi connectivity index (χ0) is 18.1. The van der Waals surface area contributed by atoms with Crippen molar-refractivity contribution in [2.75, 3.05) is 5.09 Å². The van der Waals surface area contributed by atoms with Crippen molar-refractivity contribution >= 4 is 57.6 Å². The topological polar surface area (TPSA) is 42.0 Å². The fraction of sp³-hybridized carbons (Fsp3) is 0.211. The number of rotatable bonds is 4.